The van der Waals surface area contributed by atoms with E-state index in [1.54, 1.807) is 13.8 Å². The van der Waals surface area contributed by atoms with Crippen molar-refractivity contribution in [3.05, 3.63) is 0 Å². The van der Waals surface area contributed by atoms with E-state index in [-0.39, 0.29) is 12.5 Å². The number of nitrogens with two attached hydrogens (primary N) is 2. The van der Waals surface area contributed by atoms with E-state index in [0.29, 0.717) is 0 Å². The van der Waals surface area contributed by atoms with Crippen molar-refractivity contribution in [2.24, 2.45) is 17.4 Å². The lowest BCUT2D eigenvalue weighted by Crippen LogP contribution is -2.58. The first kappa shape index (κ1) is 23.3. The molecule has 0 aromatic rings. The number of carbonyl (C=O) groups excluding carboxylic acids is 4. The number of hydrogen-bond donors (Lipinski definition) is 7. The maximum atomic E-state index is 12.4. The van der Waals surface area contributed by atoms with Gasteiger partial charge in [-0.25, -0.2) is 4.79 Å². The van der Waals surface area contributed by atoms with Gasteiger partial charge in [-0.15, -0.1) is 0 Å². The summed E-state index contributed by atoms with van der Waals surface area (Å²) >= 11 is 0. The molecule has 0 saturated heterocycles. The SMILES string of the molecule is CC(C)C(NC(=O)CN)C(=O)NC(CC(N)=O)C(=O)NC(CO)C(=O)O. The molecule has 0 fully saturated rings. The van der Waals surface area contributed by atoms with Crippen molar-refractivity contribution in [2.45, 2.75) is 38.4 Å². The van der Waals surface area contributed by atoms with Gasteiger partial charge in [0.1, 0.15) is 18.1 Å². The fraction of sp³-hybridized carbons (Fsp3) is 0.643. The zero-order chi connectivity index (χ0) is 20.4. The van der Waals surface area contributed by atoms with Gasteiger partial charge < -0.3 is 37.6 Å². The maximum absolute atomic E-state index is 12.4. The van der Waals surface area contributed by atoms with E-state index in [1.807, 2.05) is 5.32 Å². The minimum absolute atomic E-state index is 0.349. The number of amides is 4. The number of nitrogens with one attached hydrogen (secondary N) is 3. The summed E-state index contributed by atoms with van der Waals surface area (Å²) in [6.45, 7) is 2.03. The van der Waals surface area contributed by atoms with Crippen LogP contribution < -0.4 is 27.4 Å². The van der Waals surface area contributed by atoms with Gasteiger partial charge in [0.2, 0.25) is 23.6 Å². The van der Waals surface area contributed by atoms with E-state index in [4.69, 9.17) is 21.7 Å². The van der Waals surface area contributed by atoms with Crippen molar-refractivity contribution in [1.29, 1.82) is 0 Å². The molecule has 0 aliphatic heterocycles. The number of aliphatic carboxylic acids is 1. The van der Waals surface area contributed by atoms with Gasteiger partial charge in [0.25, 0.3) is 0 Å². The minimum atomic E-state index is -1.62. The third-order valence-electron chi connectivity index (χ3n) is 3.29. The standard InChI is InChI=1S/C14H25N5O7/c1-6(2)11(19-10(22)4-15)13(24)17-7(3-9(16)21)12(23)18-8(5-20)14(25)26/h6-8,11,20H,3-5,15H2,1-2H3,(H2,16,21)(H,17,24)(H,18,23)(H,19,22)(H,25,26). The third-order valence-corrected chi connectivity index (χ3v) is 3.29. The van der Waals surface area contributed by atoms with E-state index >= 15 is 0 Å². The monoisotopic (exact) mass is 375 g/mol. The van der Waals surface area contributed by atoms with Gasteiger partial charge in [0.15, 0.2) is 0 Å². The average Bonchev–Trinajstić information content (AvgIpc) is 2.54. The first-order valence-electron chi connectivity index (χ1n) is 7.75. The molecule has 0 aliphatic carbocycles. The molecule has 0 heterocycles. The number of aliphatic hydroxyl groups excluding tert-OH is 1. The van der Waals surface area contributed by atoms with Crippen molar-refractivity contribution in [2.75, 3.05) is 13.2 Å². The van der Waals surface area contributed by atoms with E-state index in [9.17, 15) is 24.0 Å². The Labute approximate surface area is 149 Å². The lowest BCUT2D eigenvalue weighted by Gasteiger charge is -2.25. The van der Waals surface area contributed by atoms with Crippen LogP contribution in [0.25, 0.3) is 0 Å². The Kier molecular flexibility index (Phi) is 9.84. The van der Waals surface area contributed by atoms with Gasteiger partial charge in [-0.1, -0.05) is 13.8 Å². The minimum Gasteiger partial charge on any atom is -0.480 e. The Morgan fingerprint density at radius 2 is 1.50 bits per heavy atom. The average molecular weight is 375 g/mol. The molecule has 0 spiro atoms. The highest BCUT2D eigenvalue weighted by Crippen LogP contribution is 2.04. The lowest BCUT2D eigenvalue weighted by molar-refractivity contribution is -0.143. The fourth-order valence-corrected chi connectivity index (χ4v) is 1.90. The summed E-state index contributed by atoms with van der Waals surface area (Å²) in [7, 11) is 0. The molecule has 0 radical (unpaired) electrons. The van der Waals surface area contributed by atoms with E-state index in [2.05, 4.69) is 10.6 Å². The Balaban J connectivity index is 5.25. The van der Waals surface area contributed by atoms with Crippen LogP contribution in [0.3, 0.4) is 0 Å². The molecule has 12 heteroatoms. The van der Waals surface area contributed by atoms with Crippen LogP contribution in [-0.4, -0.2) is 71.1 Å². The van der Waals surface area contributed by atoms with Gasteiger partial charge >= 0.3 is 5.97 Å². The highest BCUT2D eigenvalue weighted by atomic mass is 16.4. The van der Waals surface area contributed by atoms with E-state index < -0.39 is 60.8 Å². The molecule has 12 nitrogen and oxygen atoms in total. The van der Waals surface area contributed by atoms with Gasteiger partial charge in [-0.2, -0.15) is 0 Å². The summed E-state index contributed by atoms with van der Waals surface area (Å²) in [5.41, 5.74) is 10.2. The number of carboxylic acid groups (broad SMARTS) is 1. The van der Waals surface area contributed by atoms with Crippen molar-refractivity contribution in [3.63, 3.8) is 0 Å². The Morgan fingerprint density at radius 1 is 0.962 bits per heavy atom. The lowest BCUT2D eigenvalue weighted by atomic mass is 10.0. The number of rotatable bonds is 11. The Hall–Kier alpha value is -2.73. The number of hydrogen-bond acceptors (Lipinski definition) is 7. The predicted octanol–water partition coefficient (Wildman–Crippen LogP) is -3.99. The van der Waals surface area contributed by atoms with Crippen molar-refractivity contribution in [3.8, 4) is 0 Å². The van der Waals surface area contributed by atoms with E-state index in [0.717, 1.165) is 0 Å². The van der Waals surface area contributed by atoms with Crippen LogP contribution in [-0.2, 0) is 24.0 Å². The topological polar surface area (TPSA) is 214 Å². The fourth-order valence-electron chi connectivity index (χ4n) is 1.90. The third kappa shape index (κ3) is 7.90. The second-order valence-electron chi connectivity index (χ2n) is 5.81. The molecular weight excluding hydrogens is 350 g/mol. The molecule has 3 atom stereocenters. The van der Waals surface area contributed by atoms with Crippen molar-refractivity contribution < 1.29 is 34.2 Å². The molecule has 148 valence electrons. The molecule has 0 aromatic carbocycles. The number of carboxylic acids is 1. The highest BCUT2D eigenvalue weighted by Gasteiger charge is 2.31. The summed E-state index contributed by atoms with van der Waals surface area (Å²) in [6, 6.07) is -4.14. The van der Waals surface area contributed by atoms with E-state index in [1.165, 1.54) is 0 Å². The first-order valence-corrected chi connectivity index (χ1v) is 7.75. The van der Waals surface area contributed by atoms with Crippen molar-refractivity contribution >= 4 is 29.6 Å². The van der Waals surface area contributed by atoms with Crippen LogP contribution in [0.15, 0.2) is 0 Å². The number of primary amides is 1. The second kappa shape index (κ2) is 11.0. The molecule has 0 rings (SSSR count). The molecule has 0 bridgehead atoms. The summed E-state index contributed by atoms with van der Waals surface area (Å²) in [6.07, 6.45) is -0.606. The van der Waals surface area contributed by atoms with Crippen LogP contribution in [0, 0.1) is 5.92 Å². The smallest absolute Gasteiger partial charge is 0.328 e. The van der Waals surface area contributed by atoms with Gasteiger partial charge in [0, 0.05) is 0 Å². The summed E-state index contributed by atoms with van der Waals surface area (Å²) in [5, 5.41) is 24.4. The normalized spacial score (nSPS) is 14.0. The summed E-state index contributed by atoms with van der Waals surface area (Å²) in [4.78, 5) is 57.9. The Bertz CT molecular complexity index is 552. The molecule has 0 aromatic heterocycles. The molecule has 3 unspecified atom stereocenters. The van der Waals surface area contributed by atoms with Crippen LogP contribution in [0.1, 0.15) is 20.3 Å². The quantitative estimate of drug-likeness (QED) is 0.188. The molecular formula is C14H25N5O7. The van der Waals surface area contributed by atoms with Gasteiger partial charge in [-0.05, 0) is 5.92 Å². The highest BCUT2D eigenvalue weighted by molar-refractivity contribution is 5.95. The van der Waals surface area contributed by atoms with Gasteiger partial charge in [0.05, 0.1) is 19.6 Å². The number of carbonyl (C=O) groups is 5. The molecule has 26 heavy (non-hydrogen) atoms. The predicted molar refractivity (Wildman–Crippen MR) is 88.2 cm³/mol. The van der Waals surface area contributed by atoms with Crippen molar-refractivity contribution in [1.82, 2.24) is 16.0 Å². The molecule has 4 amide bonds. The zero-order valence-corrected chi connectivity index (χ0v) is 14.5. The second-order valence-corrected chi connectivity index (χ2v) is 5.81. The Morgan fingerprint density at radius 3 is 1.88 bits per heavy atom. The van der Waals surface area contributed by atoms with Crippen LogP contribution in [0.5, 0.6) is 0 Å². The largest absolute Gasteiger partial charge is 0.480 e. The summed E-state index contributed by atoms with van der Waals surface area (Å²) < 4.78 is 0. The molecule has 0 aliphatic rings. The first-order chi connectivity index (χ1) is 12.0. The molecule has 0 saturated carbocycles. The van der Waals surface area contributed by atoms with Crippen LogP contribution >= 0.6 is 0 Å². The maximum Gasteiger partial charge on any atom is 0.328 e. The van der Waals surface area contributed by atoms with Crippen LogP contribution in [0.4, 0.5) is 0 Å². The summed E-state index contributed by atoms with van der Waals surface area (Å²) in [5.74, 6) is -5.19. The zero-order valence-electron chi connectivity index (χ0n) is 14.5. The van der Waals surface area contributed by atoms with Gasteiger partial charge in [-0.3, -0.25) is 19.2 Å². The molecule has 9 N–H and O–H groups in total. The number of aliphatic hydroxyl groups is 1. The van der Waals surface area contributed by atoms with Crippen LogP contribution in [0.2, 0.25) is 0 Å².